The van der Waals surface area contributed by atoms with Crippen molar-refractivity contribution >= 4 is 12.0 Å². The van der Waals surface area contributed by atoms with Crippen LogP contribution < -0.4 is 9.47 Å². The number of hydrogen-bond acceptors (Lipinski definition) is 4. The summed E-state index contributed by atoms with van der Waals surface area (Å²) in [4.78, 5) is 14.0. The van der Waals surface area contributed by atoms with Gasteiger partial charge in [0.15, 0.2) is 11.5 Å². The van der Waals surface area contributed by atoms with E-state index in [0.29, 0.717) is 41.5 Å². The van der Waals surface area contributed by atoms with Crippen LogP contribution in [0.4, 0.5) is 4.39 Å². The van der Waals surface area contributed by atoms with E-state index in [0.717, 1.165) is 5.56 Å². The van der Waals surface area contributed by atoms with Crippen LogP contribution in [0.3, 0.4) is 0 Å². The van der Waals surface area contributed by atoms with Crippen molar-refractivity contribution in [1.29, 1.82) is 0 Å². The number of carbonyl (C=O) groups excluding carboxylic acids is 1. The summed E-state index contributed by atoms with van der Waals surface area (Å²) in [6.07, 6.45) is 3.70. The van der Waals surface area contributed by atoms with Gasteiger partial charge in [-0.05, 0) is 54.5 Å². The molecule has 3 aromatic rings. The van der Waals surface area contributed by atoms with E-state index >= 15 is 0 Å². The van der Waals surface area contributed by atoms with Crippen molar-refractivity contribution in [3.63, 3.8) is 0 Å². The van der Waals surface area contributed by atoms with Gasteiger partial charge in [-0.15, -0.1) is 0 Å². The van der Waals surface area contributed by atoms with Gasteiger partial charge in [-0.25, -0.2) is 4.39 Å². The molecule has 0 aliphatic rings. The van der Waals surface area contributed by atoms with E-state index in [9.17, 15) is 9.18 Å². The molecule has 0 saturated heterocycles. The molecule has 0 N–H and O–H groups in total. The molecule has 0 aliphatic carbocycles. The van der Waals surface area contributed by atoms with Gasteiger partial charge >= 0.3 is 0 Å². The fourth-order valence-corrected chi connectivity index (χ4v) is 2.97. The number of nitrogens with zero attached hydrogens (tertiary/aromatic N) is 1. The molecule has 1 amide bonds. The molecule has 1 heterocycles. The van der Waals surface area contributed by atoms with Gasteiger partial charge in [0.1, 0.15) is 17.3 Å². The average molecular weight is 409 g/mol. The van der Waals surface area contributed by atoms with Crippen molar-refractivity contribution in [2.75, 3.05) is 27.8 Å². The lowest BCUT2D eigenvalue weighted by Gasteiger charge is -2.15. The number of rotatable bonds is 8. The lowest BCUT2D eigenvalue weighted by Crippen LogP contribution is -2.27. The normalized spacial score (nSPS) is 10.9. The molecule has 6 heteroatoms. The molecular weight excluding hydrogens is 385 g/mol. The Bertz CT molecular complexity index is 1040. The number of ether oxygens (including phenoxy) is 2. The zero-order valence-corrected chi connectivity index (χ0v) is 17.2. The number of amides is 1. The van der Waals surface area contributed by atoms with Gasteiger partial charge in [-0.1, -0.05) is 18.2 Å². The van der Waals surface area contributed by atoms with Crippen LogP contribution in [0.15, 0.2) is 65.1 Å². The standard InChI is InChI=1S/C24H24FNO4/c1-26(15-14-17-8-11-22(28-2)23(16-17)29-3)24(27)13-10-18-9-12-21(30-18)19-6-4-5-7-20(19)25/h4-13,16H,14-15H2,1-3H3/b13-10+. The molecule has 30 heavy (non-hydrogen) atoms. The Morgan fingerprint density at radius 1 is 1.07 bits per heavy atom. The van der Waals surface area contributed by atoms with E-state index in [1.54, 1.807) is 62.6 Å². The van der Waals surface area contributed by atoms with Crippen molar-refractivity contribution in [3.05, 3.63) is 77.8 Å². The zero-order valence-electron chi connectivity index (χ0n) is 17.2. The molecule has 0 atom stereocenters. The van der Waals surface area contributed by atoms with E-state index in [4.69, 9.17) is 13.9 Å². The number of furan rings is 1. The van der Waals surface area contributed by atoms with Gasteiger partial charge in [0.05, 0.1) is 19.8 Å². The first-order valence-corrected chi connectivity index (χ1v) is 9.50. The maximum Gasteiger partial charge on any atom is 0.246 e. The van der Waals surface area contributed by atoms with Crippen LogP contribution in [-0.2, 0) is 11.2 Å². The second-order valence-electron chi connectivity index (χ2n) is 6.71. The summed E-state index contributed by atoms with van der Waals surface area (Å²) in [6.45, 7) is 0.539. The first kappa shape index (κ1) is 21.2. The Balaban J connectivity index is 1.58. The van der Waals surface area contributed by atoms with E-state index in [2.05, 4.69) is 0 Å². The summed E-state index contributed by atoms with van der Waals surface area (Å²) in [6, 6.07) is 15.5. The summed E-state index contributed by atoms with van der Waals surface area (Å²) in [5, 5.41) is 0. The molecule has 0 fully saturated rings. The average Bonchev–Trinajstić information content (AvgIpc) is 3.24. The highest BCUT2D eigenvalue weighted by molar-refractivity contribution is 5.91. The summed E-state index contributed by atoms with van der Waals surface area (Å²) in [5.74, 6) is 1.72. The summed E-state index contributed by atoms with van der Waals surface area (Å²) >= 11 is 0. The van der Waals surface area contributed by atoms with E-state index in [-0.39, 0.29) is 11.7 Å². The van der Waals surface area contributed by atoms with E-state index < -0.39 is 0 Å². The molecule has 156 valence electrons. The molecule has 1 aromatic heterocycles. The minimum Gasteiger partial charge on any atom is -0.493 e. The Morgan fingerprint density at radius 3 is 2.57 bits per heavy atom. The molecule has 0 unspecified atom stereocenters. The third-order valence-corrected chi connectivity index (χ3v) is 4.72. The first-order valence-electron chi connectivity index (χ1n) is 9.50. The number of methoxy groups -OCH3 is 2. The fourth-order valence-electron chi connectivity index (χ4n) is 2.97. The molecule has 0 radical (unpaired) electrons. The van der Waals surface area contributed by atoms with E-state index in [1.165, 1.54) is 12.1 Å². The summed E-state index contributed by atoms with van der Waals surface area (Å²) < 4.78 is 30.0. The number of benzene rings is 2. The predicted octanol–water partition coefficient (Wildman–Crippen LogP) is 4.82. The lowest BCUT2D eigenvalue weighted by atomic mass is 10.1. The maximum atomic E-state index is 13.9. The second-order valence-corrected chi connectivity index (χ2v) is 6.71. The SMILES string of the molecule is COc1ccc(CCN(C)C(=O)/C=C/c2ccc(-c3ccccc3F)o2)cc1OC. The predicted molar refractivity (Wildman–Crippen MR) is 114 cm³/mol. The van der Waals surface area contributed by atoms with Crippen molar-refractivity contribution in [3.8, 4) is 22.8 Å². The van der Waals surface area contributed by atoms with Gasteiger partial charge < -0.3 is 18.8 Å². The van der Waals surface area contributed by atoms with Gasteiger partial charge in [0.2, 0.25) is 5.91 Å². The molecule has 0 bridgehead atoms. The van der Waals surface area contributed by atoms with Crippen LogP contribution in [0, 0.1) is 5.82 Å². The smallest absolute Gasteiger partial charge is 0.246 e. The lowest BCUT2D eigenvalue weighted by molar-refractivity contribution is -0.124. The molecule has 0 spiro atoms. The number of hydrogen-bond donors (Lipinski definition) is 0. The summed E-state index contributed by atoms with van der Waals surface area (Å²) in [5.41, 5.74) is 1.42. The molecule has 0 saturated carbocycles. The maximum absolute atomic E-state index is 13.9. The highest BCUT2D eigenvalue weighted by Crippen LogP contribution is 2.28. The molecular formula is C24H24FNO4. The van der Waals surface area contributed by atoms with Crippen LogP contribution in [0.2, 0.25) is 0 Å². The topological polar surface area (TPSA) is 51.9 Å². The fraction of sp³-hybridized carbons (Fsp3) is 0.208. The number of carbonyl (C=O) groups is 1. The number of likely N-dealkylation sites (N-methyl/N-ethyl adjacent to an activating group) is 1. The molecule has 2 aromatic carbocycles. The van der Waals surface area contributed by atoms with Gasteiger partial charge in [-0.3, -0.25) is 4.79 Å². The van der Waals surface area contributed by atoms with Crippen LogP contribution in [0.1, 0.15) is 11.3 Å². The monoisotopic (exact) mass is 409 g/mol. The molecule has 5 nitrogen and oxygen atoms in total. The Kier molecular flexibility index (Phi) is 6.91. The Labute approximate surface area is 175 Å². The van der Waals surface area contributed by atoms with Crippen molar-refractivity contribution < 1.29 is 23.1 Å². The van der Waals surface area contributed by atoms with Crippen molar-refractivity contribution in [2.24, 2.45) is 0 Å². The summed E-state index contributed by atoms with van der Waals surface area (Å²) in [7, 11) is 4.92. The van der Waals surface area contributed by atoms with Gasteiger partial charge in [-0.2, -0.15) is 0 Å². The van der Waals surface area contributed by atoms with Gasteiger partial charge in [0.25, 0.3) is 0 Å². The van der Waals surface area contributed by atoms with Gasteiger partial charge in [0, 0.05) is 19.7 Å². The Hall–Kier alpha value is -3.54. The van der Waals surface area contributed by atoms with Crippen LogP contribution in [0.25, 0.3) is 17.4 Å². The van der Waals surface area contributed by atoms with Crippen LogP contribution >= 0.6 is 0 Å². The first-order chi connectivity index (χ1) is 14.5. The highest BCUT2D eigenvalue weighted by Gasteiger charge is 2.10. The minimum atomic E-state index is -0.353. The number of halogens is 1. The molecule has 0 aliphatic heterocycles. The largest absolute Gasteiger partial charge is 0.493 e. The van der Waals surface area contributed by atoms with Crippen LogP contribution in [0.5, 0.6) is 11.5 Å². The minimum absolute atomic E-state index is 0.153. The quantitative estimate of drug-likeness (QED) is 0.501. The van der Waals surface area contributed by atoms with E-state index in [1.807, 2.05) is 18.2 Å². The van der Waals surface area contributed by atoms with Crippen LogP contribution in [-0.4, -0.2) is 38.6 Å². The van der Waals surface area contributed by atoms with Crippen molar-refractivity contribution in [2.45, 2.75) is 6.42 Å². The highest BCUT2D eigenvalue weighted by atomic mass is 19.1. The second kappa shape index (κ2) is 9.78. The molecule has 3 rings (SSSR count). The third-order valence-electron chi connectivity index (χ3n) is 4.72. The zero-order chi connectivity index (χ0) is 21.5. The third kappa shape index (κ3) is 5.08. The Morgan fingerprint density at radius 2 is 1.83 bits per heavy atom. The van der Waals surface area contributed by atoms with Crippen molar-refractivity contribution in [1.82, 2.24) is 4.90 Å².